The summed E-state index contributed by atoms with van der Waals surface area (Å²) in [5, 5.41) is 0. The van der Waals surface area contributed by atoms with E-state index in [4.69, 9.17) is 5.73 Å². The van der Waals surface area contributed by atoms with E-state index in [1.54, 1.807) is 0 Å². The van der Waals surface area contributed by atoms with E-state index >= 15 is 0 Å². The van der Waals surface area contributed by atoms with Crippen LogP contribution in [-0.4, -0.2) is 5.91 Å². The third kappa shape index (κ3) is 2.72. The van der Waals surface area contributed by atoms with Crippen LogP contribution < -0.4 is 5.73 Å². The first-order chi connectivity index (χ1) is 8.16. The van der Waals surface area contributed by atoms with Gasteiger partial charge in [0.2, 0.25) is 5.91 Å². The molecule has 0 aliphatic heterocycles. The zero-order chi connectivity index (χ0) is 12.3. The predicted octanol–water partition coefficient (Wildman–Crippen LogP) is 2.69. The fraction of sp³-hybridized carbons (Fsp3) is 0.133. The van der Waals surface area contributed by atoms with Crippen LogP contribution in [0.2, 0.25) is 0 Å². The molecule has 0 saturated heterocycles. The fourth-order valence-corrected chi connectivity index (χ4v) is 1.92. The number of rotatable bonds is 3. The molecule has 0 saturated carbocycles. The Balaban J connectivity index is 2.51. The van der Waals surface area contributed by atoms with Crippen molar-refractivity contribution in [3.8, 4) is 11.1 Å². The number of hydrogen-bond donors (Lipinski definition) is 1. The highest BCUT2D eigenvalue weighted by Crippen LogP contribution is 2.25. The van der Waals surface area contributed by atoms with E-state index in [0.29, 0.717) is 0 Å². The van der Waals surface area contributed by atoms with Crippen molar-refractivity contribution in [3.63, 3.8) is 0 Å². The number of carbonyl (C=O) groups is 1. The highest BCUT2D eigenvalue weighted by atomic mass is 16.1. The zero-order valence-electron chi connectivity index (χ0n) is 9.81. The largest absolute Gasteiger partial charge is 0.369 e. The molecular formula is C15H15NO. The molecule has 0 radical (unpaired) electrons. The van der Waals surface area contributed by atoms with E-state index in [0.717, 1.165) is 16.7 Å². The summed E-state index contributed by atoms with van der Waals surface area (Å²) >= 11 is 0. The zero-order valence-corrected chi connectivity index (χ0v) is 9.81. The lowest BCUT2D eigenvalue weighted by atomic mass is 9.96. The van der Waals surface area contributed by atoms with Crippen LogP contribution in [0, 0.1) is 6.92 Å². The minimum Gasteiger partial charge on any atom is -0.369 e. The molecule has 2 rings (SSSR count). The lowest BCUT2D eigenvalue weighted by Crippen LogP contribution is -2.14. The molecule has 0 aliphatic carbocycles. The molecule has 0 bridgehead atoms. The standard InChI is InChI=1S/C15H15NO/c1-11-7-8-13(10-15(16)17)14(9-11)12-5-3-2-4-6-12/h2-9H,10H2,1H3,(H2,16,17). The van der Waals surface area contributed by atoms with Crippen molar-refractivity contribution in [2.45, 2.75) is 13.3 Å². The summed E-state index contributed by atoms with van der Waals surface area (Å²) in [4.78, 5) is 11.1. The van der Waals surface area contributed by atoms with Gasteiger partial charge in [-0.25, -0.2) is 0 Å². The molecule has 2 aromatic rings. The van der Waals surface area contributed by atoms with Gasteiger partial charge in [0, 0.05) is 0 Å². The minimum atomic E-state index is -0.300. The third-order valence-electron chi connectivity index (χ3n) is 2.71. The summed E-state index contributed by atoms with van der Waals surface area (Å²) in [5.41, 5.74) is 9.63. The minimum absolute atomic E-state index is 0.282. The average molecular weight is 225 g/mol. The first-order valence-corrected chi connectivity index (χ1v) is 5.60. The smallest absolute Gasteiger partial charge is 0.221 e. The molecule has 0 unspecified atom stereocenters. The van der Waals surface area contributed by atoms with Crippen LogP contribution >= 0.6 is 0 Å². The summed E-state index contributed by atoms with van der Waals surface area (Å²) in [7, 11) is 0. The van der Waals surface area contributed by atoms with Gasteiger partial charge in [-0.1, -0.05) is 54.1 Å². The van der Waals surface area contributed by atoms with Gasteiger partial charge in [-0.3, -0.25) is 4.79 Å². The summed E-state index contributed by atoms with van der Waals surface area (Å²) in [5.74, 6) is -0.300. The van der Waals surface area contributed by atoms with Crippen molar-refractivity contribution in [2.75, 3.05) is 0 Å². The molecule has 0 aromatic heterocycles. The van der Waals surface area contributed by atoms with Gasteiger partial charge in [-0.05, 0) is 23.6 Å². The van der Waals surface area contributed by atoms with Crippen LogP contribution in [-0.2, 0) is 11.2 Å². The van der Waals surface area contributed by atoms with E-state index in [9.17, 15) is 4.79 Å². The molecule has 0 heterocycles. The number of aryl methyl sites for hydroxylation is 1. The van der Waals surface area contributed by atoms with Gasteiger partial charge in [0.1, 0.15) is 0 Å². The molecule has 2 nitrogen and oxygen atoms in total. The SMILES string of the molecule is Cc1ccc(CC(N)=O)c(-c2ccccc2)c1. The lowest BCUT2D eigenvalue weighted by molar-refractivity contribution is -0.117. The van der Waals surface area contributed by atoms with Crippen molar-refractivity contribution in [1.82, 2.24) is 0 Å². The molecule has 0 spiro atoms. The Hall–Kier alpha value is -2.09. The molecule has 2 aromatic carbocycles. The molecule has 0 fully saturated rings. The normalized spacial score (nSPS) is 10.2. The number of carbonyl (C=O) groups excluding carboxylic acids is 1. The van der Waals surface area contributed by atoms with E-state index < -0.39 is 0 Å². The van der Waals surface area contributed by atoms with Crippen LogP contribution in [0.4, 0.5) is 0 Å². The van der Waals surface area contributed by atoms with Gasteiger partial charge in [-0.15, -0.1) is 0 Å². The monoisotopic (exact) mass is 225 g/mol. The summed E-state index contributed by atoms with van der Waals surface area (Å²) in [6.07, 6.45) is 0.282. The van der Waals surface area contributed by atoms with Gasteiger partial charge >= 0.3 is 0 Å². The molecule has 0 aliphatic rings. The Kier molecular flexibility index (Phi) is 3.24. The Morgan fingerprint density at radius 1 is 1.12 bits per heavy atom. The van der Waals surface area contributed by atoms with Crippen molar-refractivity contribution >= 4 is 5.91 Å². The van der Waals surface area contributed by atoms with E-state index in [1.807, 2.05) is 49.4 Å². The number of hydrogen-bond acceptors (Lipinski definition) is 1. The van der Waals surface area contributed by atoms with Crippen LogP contribution in [0.5, 0.6) is 0 Å². The van der Waals surface area contributed by atoms with Crippen molar-refractivity contribution in [3.05, 3.63) is 59.7 Å². The highest BCUT2D eigenvalue weighted by Gasteiger charge is 2.07. The van der Waals surface area contributed by atoms with Crippen LogP contribution in [0.25, 0.3) is 11.1 Å². The summed E-state index contributed by atoms with van der Waals surface area (Å²) < 4.78 is 0. The second-order valence-corrected chi connectivity index (χ2v) is 4.17. The van der Waals surface area contributed by atoms with Crippen LogP contribution in [0.15, 0.2) is 48.5 Å². The van der Waals surface area contributed by atoms with E-state index in [2.05, 4.69) is 6.07 Å². The lowest BCUT2D eigenvalue weighted by Gasteiger charge is -2.09. The van der Waals surface area contributed by atoms with Crippen molar-refractivity contribution < 1.29 is 4.79 Å². The van der Waals surface area contributed by atoms with Crippen molar-refractivity contribution in [2.24, 2.45) is 5.73 Å². The molecular weight excluding hydrogens is 210 g/mol. The van der Waals surface area contributed by atoms with Crippen LogP contribution in [0.1, 0.15) is 11.1 Å². The van der Waals surface area contributed by atoms with Gasteiger partial charge < -0.3 is 5.73 Å². The molecule has 17 heavy (non-hydrogen) atoms. The molecule has 2 N–H and O–H groups in total. The Morgan fingerprint density at radius 2 is 1.82 bits per heavy atom. The summed E-state index contributed by atoms with van der Waals surface area (Å²) in [6.45, 7) is 2.04. The molecule has 0 atom stereocenters. The third-order valence-corrected chi connectivity index (χ3v) is 2.71. The predicted molar refractivity (Wildman–Crippen MR) is 69.5 cm³/mol. The highest BCUT2D eigenvalue weighted by molar-refractivity contribution is 5.80. The quantitative estimate of drug-likeness (QED) is 0.857. The maximum atomic E-state index is 11.1. The second kappa shape index (κ2) is 4.83. The number of nitrogens with two attached hydrogens (primary N) is 1. The van der Waals surface area contributed by atoms with Gasteiger partial charge in [0.15, 0.2) is 0 Å². The van der Waals surface area contributed by atoms with Gasteiger partial charge in [-0.2, -0.15) is 0 Å². The number of benzene rings is 2. The van der Waals surface area contributed by atoms with Gasteiger partial charge in [0.05, 0.1) is 6.42 Å². The fourth-order valence-electron chi connectivity index (χ4n) is 1.92. The molecule has 1 amide bonds. The van der Waals surface area contributed by atoms with E-state index in [-0.39, 0.29) is 12.3 Å². The molecule has 2 heteroatoms. The Morgan fingerprint density at radius 3 is 2.47 bits per heavy atom. The maximum Gasteiger partial charge on any atom is 0.221 e. The van der Waals surface area contributed by atoms with Gasteiger partial charge in [0.25, 0.3) is 0 Å². The first kappa shape index (κ1) is 11.4. The number of primary amides is 1. The van der Waals surface area contributed by atoms with Crippen LogP contribution in [0.3, 0.4) is 0 Å². The van der Waals surface area contributed by atoms with E-state index in [1.165, 1.54) is 5.56 Å². The Labute approximate surface area is 101 Å². The average Bonchev–Trinajstić information content (AvgIpc) is 2.32. The Bertz CT molecular complexity index is 532. The molecule has 86 valence electrons. The van der Waals surface area contributed by atoms with Crippen molar-refractivity contribution in [1.29, 1.82) is 0 Å². The number of amides is 1. The topological polar surface area (TPSA) is 43.1 Å². The summed E-state index contributed by atoms with van der Waals surface area (Å²) in [6, 6.07) is 16.1. The first-order valence-electron chi connectivity index (χ1n) is 5.60. The maximum absolute atomic E-state index is 11.1. The second-order valence-electron chi connectivity index (χ2n) is 4.17.